The molecule has 0 aromatic heterocycles. The number of allylic oxidation sites excluding steroid dienone is 2. The highest BCUT2D eigenvalue weighted by Gasteiger charge is 2.45. The van der Waals surface area contributed by atoms with Gasteiger partial charge in [-0.3, -0.25) is 4.79 Å². The lowest BCUT2D eigenvalue weighted by molar-refractivity contribution is -0.146. The number of ether oxygens (including phenoxy) is 2. The topological polar surface area (TPSA) is 64.8 Å². The first kappa shape index (κ1) is 10.8. The number of rotatable bonds is 3. The molecule has 0 aromatic rings. The molecule has 86 valence electrons. The highest BCUT2D eigenvalue weighted by molar-refractivity contribution is 5.80. The van der Waals surface area contributed by atoms with Crippen molar-refractivity contribution in [2.45, 2.75) is 5.72 Å². The molecule has 2 rings (SSSR count). The Balaban J connectivity index is 2.36. The molecular weight excluding hydrogens is 208 g/mol. The summed E-state index contributed by atoms with van der Waals surface area (Å²) >= 11 is 0. The van der Waals surface area contributed by atoms with Gasteiger partial charge in [0.1, 0.15) is 12.2 Å². The van der Waals surface area contributed by atoms with Gasteiger partial charge in [0.05, 0.1) is 0 Å². The van der Waals surface area contributed by atoms with Crippen molar-refractivity contribution in [3.05, 3.63) is 36.8 Å². The van der Waals surface area contributed by atoms with Gasteiger partial charge in [-0.2, -0.15) is 0 Å². The highest BCUT2D eigenvalue weighted by Crippen LogP contribution is 2.33. The van der Waals surface area contributed by atoms with E-state index in [1.807, 2.05) is 6.08 Å². The maximum Gasteiger partial charge on any atom is 0.229 e. The number of amides is 1. The number of primary amides is 1. The molecule has 2 aliphatic rings. The van der Waals surface area contributed by atoms with Crippen molar-refractivity contribution >= 4 is 5.91 Å². The first-order valence-electron chi connectivity index (χ1n) is 4.96. The van der Waals surface area contributed by atoms with Crippen LogP contribution in [-0.2, 0) is 14.3 Å². The zero-order valence-corrected chi connectivity index (χ0v) is 9.00. The monoisotopic (exact) mass is 222 g/mol. The van der Waals surface area contributed by atoms with E-state index in [0.717, 1.165) is 0 Å². The Morgan fingerprint density at radius 2 is 2.44 bits per heavy atom. The van der Waals surface area contributed by atoms with Crippen molar-refractivity contribution in [2.75, 3.05) is 13.8 Å². The third-order valence-corrected chi connectivity index (χ3v) is 2.83. The summed E-state index contributed by atoms with van der Waals surface area (Å²) in [5.74, 6) is -0.961. The fraction of sp³-hybridized carbons (Fsp3) is 0.364. The molecule has 5 nitrogen and oxygen atoms in total. The lowest BCUT2D eigenvalue weighted by Crippen LogP contribution is -2.55. The number of carbonyl (C=O) groups is 1. The summed E-state index contributed by atoms with van der Waals surface area (Å²) in [6.45, 7) is 0.343. The summed E-state index contributed by atoms with van der Waals surface area (Å²) in [7, 11) is 1.55. The van der Waals surface area contributed by atoms with E-state index < -0.39 is 17.6 Å². The SMILES string of the molecule is COC1(N2C=COC2)C=CC=CC1C(N)=O. The number of nitrogens with zero attached hydrogens (tertiary/aromatic N) is 1. The van der Waals surface area contributed by atoms with Crippen LogP contribution in [0, 0.1) is 5.92 Å². The van der Waals surface area contributed by atoms with Gasteiger partial charge in [-0.1, -0.05) is 18.2 Å². The summed E-state index contributed by atoms with van der Waals surface area (Å²) in [6, 6.07) is 0. The Labute approximate surface area is 93.8 Å². The molecule has 2 unspecified atom stereocenters. The molecule has 2 N–H and O–H groups in total. The first-order chi connectivity index (χ1) is 7.70. The average molecular weight is 222 g/mol. The summed E-state index contributed by atoms with van der Waals surface area (Å²) < 4.78 is 10.6. The standard InChI is InChI=1S/C11H14N2O3/c1-15-11(13-6-7-16-8-13)5-3-2-4-9(11)10(12)14/h2-7,9H,8H2,1H3,(H2,12,14). The number of methoxy groups -OCH3 is 1. The maximum absolute atomic E-state index is 11.5. The van der Waals surface area contributed by atoms with E-state index >= 15 is 0 Å². The predicted octanol–water partition coefficient (Wildman–Crippen LogP) is 0.318. The maximum atomic E-state index is 11.5. The van der Waals surface area contributed by atoms with Crippen LogP contribution >= 0.6 is 0 Å². The van der Waals surface area contributed by atoms with Gasteiger partial charge in [0, 0.05) is 13.3 Å². The molecule has 1 amide bonds. The van der Waals surface area contributed by atoms with Crippen LogP contribution in [0.25, 0.3) is 0 Å². The fourth-order valence-corrected chi connectivity index (χ4v) is 2.00. The second-order valence-corrected chi connectivity index (χ2v) is 3.63. The summed E-state index contributed by atoms with van der Waals surface area (Å²) in [5.41, 5.74) is 4.51. The van der Waals surface area contributed by atoms with Gasteiger partial charge in [-0.25, -0.2) is 0 Å². The summed E-state index contributed by atoms with van der Waals surface area (Å²) in [5, 5.41) is 0. The van der Waals surface area contributed by atoms with Crippen LogP contribution in [0.1, 0.15) is 0 Å². The zero-order chi connectivity index (χ0) is 11.6. The molecule has 16 heavy (non-hydrogen) atoms. The van der Waals surface area contributed by atoms with Gasteiger partial charge < -0.3 is 20.1 Å². The van der Waals surface area contributed by atoms with Crippen molar-refractivity contribution in [2.24, 2.45) is 11.7 Å². The third kappa shape index (κ3) is 1.49. The summed E-state index contributed by atoms with van der Waals surface area (Å²) in [4.78, 5) is 13.2. The molecule has 0 fully saturated rings. The smallest absolute Gasteiger partial charge is 0.229 e. The van der Waals surface area contributed by atoms with Gasteiger partial charge in [0.15, 0.2) is 12.5 Å². The van der Waals surface area contributed by atoms with E-state index in [0.29, 0.717) is 6.73 Å². The Hall–Kier alpha value is -1.75. The van der Waals surface area contributed by atoms with Crippen LogP contribution in [0.4, 0.5) is 0 Å². The van der Waals surface area contributed by atoms with E-state index in [4.69, 9.17) is 15.2 Å². The quantitative estimate of drug-likeness (QED) is 0.746. The second-order valence-electron chi connectivity index (χ2n) is 3.63. The molecule has 2 atom stereocenters. The van der Waals surface area contributed by atoms with E-state index in [9.17, 15) is 4.79 Å². The molecule has 0 spiro atoms. The van der Waals surface area contributed by atoms with E-state index in [1.54, 1.807) is 42.7 Å². The van der Waals surface area contributed by atoms with Crippen molar-refractivity contribution in [3.63, 3.8) is 0 Å². The molecule has 1 aliphatic heterocycles. The highest BCUT2D eigenvalue weighted by atomic mass is 16.5. The number of hydrogen-bond acceptors (Lipinski definition) is 4. The van der Waals surface area contributed by atoms with E-state index in [1.165, 1.54) is 0 Å². The normalized spacial score (nSPS) is 31.8. The minimum absolute atomic E-state index is 0.343. The Morgan fingerprint density at radius 1 is 1.62 bits per heavy atom. The molecule has 0 aromatic carbocycles. The van der Waals surface area contributed by atoms with Crippen LogP contribution in [0.5, 0.6) is 0 Å². The molecule has 1 heterocycles. The second kappa shape index (κ2) is 4.02. The Kier molecular flexibility index (Phi) is 2.70. The van der Waals surface area contributed by atoms with Crippen LogP contribution in [0.3, 0.4) is 0 Å². The number of hydrogen-bond donors (Lipinski definition) is 1. The number of carbonyl (C=O) groups excluding carboxylic acids is 1. The molecule has 0 radical (unpaired) electrons. The van der Waals surface area contributed by atoms with Gasteiger partial charge in [0.25, 0.3) is 0 Å². The van der Waals surface area contributed by atoms with E-state index in [-0.39, 0.29) is 0 Å². The van der Waals surface area contributed by atoms with Gasteiger partial charge in [-0.05, 0) is 6.08 Å². The van der Waals surface area contributed by atoms with Crippen LogP contribution in [0.15, 0.2) is 36.8 Å². The van der Waals surface area contributed by atoms with Crippen molar-refractivity contribution in [1.29, 1.82) is 0 Å². The van der Waals surface area contributed by atoms with Crippen molar-refractivity contribution < 1.29 is 14.3 Å². The lowest BCUT2D eigenvalue weighted by atomic mass is 9.89. The van der Waals surface area contributed by atoms with Gasteiger partial charge >= 0.3 is 0 Å². The van der Waals surface area contributed by atoms with Crippen LogP contribution in [-0.4, -0.2) is 30.4 Å². The molecule has 0 saturated heterocycles. The minimum Gasteiger partial charge on any atom is -0.479 e. The zero-order valence-electron chi connectivity index (χ0n) is 9.00. The average Bonchev–Trinajstić information content (AvgIpc) is 2.82. The lowest BCUT2D eigenvalue weighted by Gasteiger charge is -2.41. The molecular formula is C11H14N2O3. The van der Waals surface area contributed by atoms with Crippen LogP contribution < -0.4 is 5.73 Å². The largest absolute Gasteiger partial charge is 0.479 e. The predicted molar refractivity (Wildman–Crippen MR) is 57.6 cm³/mol. The van der Waals surface area contributed by atoms with Crippen molar-refractivity contribution in [1.82, 2.24) is 4.90 Å². The van der Waals surface area contributed by atoms with Gasteiger partial charge in [-0.15, -0.1) is 0 Å². The molecule has 0 bridgehead atoms. The van der Waals surface area contributed by atoms with E-state index in [2.05, 4.69) is 0 Å². The molecule has 1 aliphatic carbocycles. The fourth-order valence-electron chi connectivity index (χ4n) is 2.00. The molecule has 5 heteroatoms. The summed E-state index contributed by atoms with van der Waals surface area (Å²) in [6.07, 6.45) is 10.5. The Bertz CT molecular complexity index is 375. The number of nitrogens with two attached hydrogens (primary N) is 1. The van der Waals surface area contributed by atoms with Crippen molar-refractivity contribution in [3.8, 4) is 0 Å². The third-order valence-electron chi connectivity index (χ3n) is 2.83. The molecule has 0 saturated carbocycles. The van der Waals surface area contributed by atoms with Gasteiger partial charge in [0.2, 0.25) is 5.91 Å². The first-order valence-corrected chi connectivity index (χ1v) is 4.96. The Morgan fingerprint density at radius 3 is 3.00 bits per heavy atom. The minimum atomic E-state index is -0.881. The van der Waals surface area contributed by atoms with Crippen LogP contribution in [0.2, 0.25) is 0 Å².